The normalized spacial score (nSPS) is 13.1. The molecule has 1 amide bonds. The Morgan fingerprint density at radius 2 is 1.47 bits per heavy atom. The molecule has 3 aromatic carbocycles. The molecule has 4 nitrogen and oxygen atoms in total. The molecule has 8 heteroatoms. The summed E-state index contributed by atoms with van der Waals surface area (Å²) in [4.78, 5) is 30.0. The van der Waals surface area contributed by atoms with Crippen molar-refractivity contribution in [2.24, 2.45) is 0 Å². The molecule has 0 spiro atoms. The molecular weight excluding hydrogens is 485 g/mol. The molecule has 2 N–H and O–H groups in total. The predicted octanol–water partition coefficient (Wildman–Crippen LogP) is 6.66. The highest BCUT2D eigenvalue weighted by Crippen LogP contribution is 2.45. The number of hydrogen-bond acceptors (Lipinski definition) is 3. The van der Waals surface area contributed by atoms with Gasteiger partial charge >= 0.3 is 6.18 Å². The molecule has 0 radical (unpaired) electrons. The molecule has 0 bridgehead atoms. The first-order valence-corrected chi connectivity index (χ1v) is 12.0. The molecule has 0 unspecified atom stereocenters. The smallest absolute Gasteiger partial charge is 0.341 e. The Labute approximate surface area is 209 Å². The molecule has 1 aliphatic heterocycles. The molecule has 0 atom stereocenters. The first-order chi connectivity index (χ1) is 17.1. The number of hydrogen-bond donors (Lipinski definition) is 2. The summed E-state index contributed by atoms with van der Waals surface area (Å²) in [5.41, 5.74) is 1.16. The zero-order valence-corrected chi connectivity index (χ0v) is 20.2. The van der Waals surface area contributed by atoms with Gasteiger partial charge in [0.1, 0.15) is 11.3 Å². The number of H-pyrrole nitrogens is 1. The number of rotatable bonds is 3. The second kappa shape index (κ2) is 9.02. The van der Waals surface area contributed by atoms with Crippen LogP contribution in [0.2, 0.25) is 0 Å². The fraction of sp³-hybridized carbons (Fsp3) is 0.143. The van der Waals surface area contributed by atoms with Gasteiger partial charge in [-0.25, -0.2) is 0 Å². The van der Waals surface area contributed by atoms with Crippen LogP contribution < -0.4 is 10.9 Å². The van der Waals surface area contributed by atoms with Crippen LogP contribution in [0.3, 0.4) is 0 Å². The van der Waals surface area contributed by atoms with Crippen LogP contribution in [0, 0.1) is 13.8 Å². The molecule has 0 saturated heterocycles. The van der Waals surface area contributed by atoms with Crippen LogP contribution in [-0.2, 0) is 6.18 Å². The molecule has 0 fully saturated rings. The van der Waals surface area contributed by atoms with Crippen LogP contribution >= 0.6 is 11.8 Å². The van der Waals surface area contributed by atoms with Crippen LogP contribution in [0.1, 0.15) is 44.3 Å². The average Bonchev–Trinajstić information content (AvgIpc) is 2.83. The summed E-state index contributed by atoms with van der Waals surface area (Å²) in [5, 5.41) is 2.91. The Morgan fingerprint density at radius 1 is 0.889 bits per heavy atom. The molecular formula is C28H21F3N2O2S. The van der Waals surface area contributed by atoms with Crippen molar-refractivity contribution in [3.05, 3.63) is 117 Å². The van der Waals surface area contributed by atoms with E-state index < -0.39 is 29.4 Å². The highest BCUT2D eigenvalue weighted by molar-refractivity contribution is 7.99. The van der Waals surface area contributed by atoms with Crippen LogP contribution in [0.15, 0.2) is 87.4 Å². The van der Waals surface area contributed by atoms with Crippen LogP contribution in [0.25, 0.3) is 11.1 Å². The fourth-order valence-corrected chi connectivity index (χ4v) is 5.69. The van der Waals surface area contributed by atoms with E-state index in [-0.39, 0.29) is 16.7 Å². The maximum absolute atomic E-state index is 13.7. The van der Waals surface area contributed by atoms with Crippen LogP contribution in [0.4, 0.5) is 13.2 Å². The highest BCUT2D eigenvalue weighted by atomic mass is 32.2. The van der Waals surface area contributed by atoms with Crippen molar-refractivity contribution >= 4 is 17.7 Å². The molecule has 2 heterocycles. The van der Waals surface area contributed by atoms with Gasteiger partial charge in [-0.2, -0.15) is 13.2 Å². The van der Waals surface area contributed by atoms with Gasteiger partial charge in [0.25, 0.3) is 11.5 Å². The quantitative estimate of drug-likeness (QED) is 0.327. The number of halogens is 3. The van der Waals surface area contributed by atoms with E-state index in [4.69, 9.17) is 0 Å². The minimum absolute atomic E-state index is 0.242. The van der Waals surface area contributed by atoms with E-state index in [1.165, 1.54) is 12.1 Å². The second-order valence-electron chi connectivity index (χ2n) is 8.76. The van der Waals surface area contributed by atoms with Crippen molar-refractivity contribution in [3.63, 3.8) is 0 Å². The average molecular weight is 507 g/mol. The molecule has 4 aromatic rings. The van der Waals surface area contributed by atoms with E-state index in [1.54, 1.807) is 30.0 Å². The molecule has 1 aromatic heterocycles. The predicted molar refractivity (Wildman–Crippen MR) is 133 cm³/mol. The maximum Gasteiger partial charge on any atom is 0.431 e. The third kappa shape index (κ3) is 4.44. The van der Waals surface area contributed by atoms with E-state index in [0.717, 1.165) is 38.1 Å². The lowest BCUT2D eigenvalue weighted by Crippen LogP contribution is -2.35. The standard InChI is InChI=1S/C28H21F3N2O2S/c1-15-8-10-18-22(12-15)36-23-13-16(2)9-11-19(23)24(18)32-26(34)21-14-20(17-6-4-3-5-7-17)25(28(29,30)31)33-27(21)35/h3-14,24H,1-2H3,(H,32,34)(H,33,35). The van der Waals surface area contributed by atoms with Gasteiger partial charge in [-0.15, -0.1) is 0 Å². The van der Waals surface area contributed by atoms with Crippen LogP contribution in [-0.4, -0.2) is 10.9 Å². The number of pyridine rings is 1. The summed E-state index contributed by atoms with van der Waals surface area (Å²) >= 11 is 1.60. The van der Waals surface area contributed by atoms with Crippen molar-refractivity contribution in [2.45, 2.75) is 35.9 Å². The minimum Gasteiger partial charge on any atom is -0.341 e. The maximum atomic E-state index is 13.7. The molecule has 0 saturated carbocycles. The molecule has 5 rings (SSSR count). The molecule has 182 valence electrons. The fourth-order valence-electron chi connectivity index (χ4n) is 4.36. The van der Waals surface area contributed by atoms with Gasteiger partial charge in [-0.1, -0.05) is 66.4 Å². The van der Waals surface area contributed by atoms with Crippen molar-refractivity contribution in [1.82, 2.24) is 10.3 Å². The Hall–Kier alpha value is -3.78. The number of aryl methyl sites for hydroxylation is 2. The number of benzene rings is 3. The lowest BCUT2D eigenvalue weighted by Gasteiger charge is -2.29. The monoisotopic (exact) mass is 506 g/mol. The molecule has 36 heavy (non-hydrogen) atoms. The summed E-state index contributed by atoms with van der Waals surface area (Å²) in [5.74, 6) is -0.753. The van der Waals surface area contributed by atoms with Crippen molar-refractivity contribution in [3.8, 4) is 11.1 Å². The Kier molecular flexibility index (Phi) is 6.00. The number of carbonyl (C=O) groups is 1. The van der Waals surface area contributed by atoms with E-state index in [2.05, 4.69) is 5.32 Å². The highest BCUT2D eigenvalue weighted by Gasteiger charge is 2.36. The second-order valence-corrected chi connectivity index (χ2v) is 9.84. The van der Waals surface area contributed by atoms with Crippen molar-refractivity contribution in [1.29, 1.82) is 0 Å². The lowest BCUT2D eigenvalue weighted by atomic mass is 9.95. The van der Waals surface area contributed by atoms with Crippen molar-refractivity contribution in [2.75, 3.05) is 0 Å². The number of fused-ring (bicyclic) bond motifs is 2. The first kappa shape index (κ1) is 23.9. The lowest BCUT2D eigenvalue weighted by molar-refractivity contribution is -0.140. The number of aromatic amines is 1. The van der Waals surface area contributed by atoms with E-state index in [1.807, 2.05) is 55.2 Å². The SMILES string of the molecule is Cc1ccc2c(c1)Sc1cc(C)ccc1C2NC(=O)c1cc(-c2ccccc2)c(C(F)(F)F)[nH]c1=O. The number of alkyl halides is 3. The summed E-state index contributed by atoms with van der Waals surface area (Å²) in [6, 6.07) is 20.1. The zero-order valence-electron chi connectivity index (χ0n) is 19.4. The van der Waals surface area contributed by atoms with Gasteiger partial charge in [0.15, 0.2) is 0 Å². The van der Waals surface area contributed by atoms with Gasteiger partial charge in [-0.05, 0) is 59.9 Å². The largest absolute Gasteiger partial charge is 0.431 e. The van der Waals surface area contributed by atoms with Crippen LogP contribution in [0.5, 0.6) is 0 Å². The van der Waals surface area contributed by atoms with Crippen molar-refractivity contribution < 1.29 is 18.0 Å². The van der Waals surface area contributed by atoms with Gasteiger partial charge < -0.3 is 10.3 Å². The zero-order chi connectivity index (χ0) is 25.6. The Bertz CT molecular complexity index is 1490. The summed E-state index contributed by atoms with van der Waals surface area (Å²) < 4.78 is 41.2. The topological polar surface area (TPSA) is 62.0 Å². The summed E-state index contributed by atoms with van der Waals surface area (Å²) in [6.45, 7) is 3.96. The van der Waals surface area contributed by atoms with E-state index >= 15 is 0 Å². The minimum atomic E-state index is -4.80. The summed E-state index contributed by atoms with van der Waals surface area (Å²) in [6.07, 6.45) is -4.80. The van der Waals surface area contributed by atoms with Gasteiger partial charge in [0.05, 0.1) is 6.04 Å². The number of carbonyl (C=O) groups excluding carboxylic acids is 1. The van der Waals surface area contributed by atoms with Gasteiger partial charge in [0.2, 0.25) is 0 Å². The number of nitrogens with one attached hydrogen (secondary N) is 2. The first-order valence-electron chi connectivity index (χ1n) is 11.2. The molecule has 0 aliphatic carbocycles. The van der Waals surface area contributed by atoms with Gasteiger partial charge in [0, 0.05) is 15.4 Å². The van der Waals surface area contributed by atoms with E-state index in [0.29, 0.717) is 0 Å². The number of aromatic nitrogens is 1. The summed E-state index contributed by atoms with van der Waals surface area (Å²) in [7, 11) is 0. The Balaban J connectivity index is 1.60. The number of amides is 1. The third-order valence-corrected chi connectivity index (χ3v) is 7.26. The Morgan fingerprint density at radius 3 is 2.03 bits per heavy atom. The molecule has 1 aliphatic rings. The van der Waals surface area contributed by atoms with E-state index in [9.17, 15) is 22.8 Å². The third-order valence-electron chi connectivity index (χ3n) is 6.11. The van der Waals surface area contributed by atoms with Gasteiger partial charge in [-0.3, -0.25) is 9.59 Å².